The summed E-state index contributed by atoms with van der Waals surface area (Å²) in [6.07, 6.45) is 6.62. The molecule has 0 saturated carbocycles. The number of nitrogens with zero attached hydrogens (tertiary/aromatic N) is 3. The first-order valence-corrected chi connectivity index (χ1v) is 9.05. The number of hydrogen-bond acceptors (Lipinski definition) is 5. The molecule has 0 unspecified atom stereocenters. The highest BCUT2D eigenvalue weighted by molar-refractivity contribution is 5.81. The van der Waals surface area contributed by atoms with E-state index in [2.05, 4.69) is 26.9 Å². The molecule has 0 amide bonds. The Labute approximate surface area is 149 Å². The summed E-state index contributed by atoms with van der Waals surface area (Å²) in [4.78, 5) is 49.4. The van der Waals surface area contributed by atoms with Gasteiger partial charge in [-0.15, -0.1) is 0 Å². The van der Waals surface area contributed by atoms with Gasteiger partial charge in [0.2, 0.25) is 0 Å². The van der Waals surface area contributed by atoms with Crippen molar-refractivity contribution in [2.75, 3.05) is 0 Å². The van der Waals surface area contributed by atoms with E-state index in [-0.39, 0.29) is 16.9 Å². The zero-order valence-corrected chi connectivity index (χ0v) is 15.1. The molecule has 0 aliphatic carbocycles. The number of unbranched alkanes of at least 4 members (excludes halogenated alkanes) is 5. The van der Waals surface area contributed by atoms with Crippen LogP contribution in [0.2, 0.25) is 0 Å². The van der Waals surface area contributed by atoms with Gasteiger partial charge in [-0.2, -0.15) is 4.98 Å². The smallest absolute Gasteiger partial charge is 0.310 e. The van der Waals surface area contributed by atoms with Crippen molar-refractivity contribution in [2.45, 2.75) is 58.9 Å². The fourth-order valence-corrected chi connectivity index (χ4v) is 3.21. The van der Waals surface area contributed by atoms with Gasteiger partial charge in [-0.05, 0) is 19.4 Å². The van der Waals surface area contributed by atoms with E-state index in [4.69, 9.17) is 0 Å². The summed E-state index contributed by atoms with van der Waals surface area (Å²) < 4.78 is 1.73. The van der Waals surface area contributed by atoms with Crippen molar-refractivity contribution < 1.29 is 0 Å². The molecule has 0 atom stereocenters. The highest BCUT2D eigenvalue weighted by Crippen LogP contribution is 2.21. The van der Waals surface area contributed by atoms with Gasteiger partial charge in [-0.1, -0.05) is 39.0 Å². The highest BCUT2D eigenvalue weighted by Gasteiger charge is 2.19. The molecular weight excluding hydrogens is 334 g/mol. The lowest BCUT2D eigenvalue weighted by Crippen LogP contribution is -2.29. The van der Waals surface area contributed by atoms with Crippen molar-refractivity contribution in [2.24, 2.45) is 0 Å². The summed E-state index contributed by atoms with van der Waals surface area (Å²) in [6.45, 7) is 4.42. The Kier molecular flexibility index (Phi) is 5.29. The van der Waals surface area contributed by atoms with Crippen molar-refractivity contribution in [1.82, 2.24) is 24.5 Å². The van der Waals surface area contributed by atoms with Gasteiger partial charge in [0.25, 0.3) is 11.1 Å². The van der Waals surface area contributed by atoms with Crippen LogP contribution in [0.4, 0.5) is 0 Å². The maximum atomic E-state index is 12.3. The zero-order valence-electron chi connectivity index (χ0n) is 15.1. The lowest BCUT2D eigenvalue weighted by Gasteiger charge is -2.16. The van der Waals surface area contributed by atoms with E-state index >= 15 is 0 Å². The number of aryl methyl sites for hydroxylation is 2. The van der Waals surface area contributed by atoms with Crippen LogP contribution < -0.4 is 16.8 Å². The van der Waals surface area contributed by atoms with Gasteiger partial charge >= 0.3 is 5.69 Å². The van der Waals surface area contributed by atoms with Gasteiger partial charge in [-0.3, -0.25) is 14.6 Å². The Morgan fingerprint density at radius 1 is 0.962 bits per heavy atom. The van der Waals surface area contributed by atoms with Crippen molar-refractivity contribution in [1.29, 1.82) is 0 Å². The molecule has 8 heteroatoms. The molecule has 2 aliphatic rings. The lowest BCUT2D eigenvalue weighted by molar-refractivity contribution is 0.561. The number of pyridine rings is 1. The van der Waals surface area contributed by atoms with Crippen LogP contribution in [0.1, 0.15) is 51.3 Å². The fourth-order valence-electron chi connectivity index (χ4n) is 3.21. The van der Waals surface area contributed by atoms with Gasteiger partial charge in [0.05, 0.1) is 10.9 Å². The summed E-state index contributed by atoms with van der Waals surface area (Å²) in [5, 5.41) is 0.319. The van der Waals surface area contributed by atoms with Gasteiger partial charge in [0.15, 0.2) is 5.82 Å². The van der Waals surface area contributed by atoms with Crippen molar-refractivity contribution in [3.63, 3.8) is 0 Å². The largest absolute Gasteiger partial charge is 0.349 e. The maximum absolute atomic E-state index is 12.3. The van der Waals surface area contributed by atoms with E-state index in [0.29, 0.717) is 23.4 Å². The quantitative estimate of drug-likeness (QED) is 0.495. The van der Waals surface area contributed by atoms with Crippen LogP contribution >= 0.6 is 0 Å². The number of fused-ring (bicyclic) bond motifs is 2. The normalized spacial score (nSPS) is 11.5. The summed E-state index contributed by atoms with van der Waals surface area (Å²) in [7, 11) is 0. The first-order chi connectivity index (χ1) is 12.5. The molecule has 0 fully saturated rings. The second-order valence-corrected chi connectivity index (χ2v) is 6.56. The van der Waals surface area contributed by atoms with Crippen molar-refractivity contribution in [3.8, 4) is 11.4 Å². The summed E-state index contributed by atoms with van der Waals surface area (Å²) in [5.74, 6) is 0.753. The van der Waals surface area contributed by atoms with Crippen LogP contribution in [0.25, 0.3) is 22.4 Å². The van der Waals surface area contributed by atoms with Crippen LogP contribution in [0.3, 0.4) is 0 Å². The van der Waals surface area contributed by atoms with Gasteiger partial charge in [-0.25, -0.2) is 9.78 Å². The second kappa shape index (κ2) is 7.63. The Bertz CT molecular complexity index is 1060. The van der Waals surface area contributed by atoms with E-state index < -0.39 is 11.2 Å². The Hall–Kier alpha value is -2.77. The van der Waals surface area contributed by atoms with Crippen LogP contribution in [0, 0.1) is 6.92 Å². The molecule has 1 aromatic heterocycles. The molecular formula is C18H23N5O3. The molecule has 0 saturated heterocycles. The maximum Gasteiger partial charge on any atom is 0.349 e. The Balaban J connectivity index is 2.09. The topological polar surface area (TPSA) is 113 Å². The second-order valence-electron chi connectivity index (χ2n) is 6.56. The fraction of sp³-hybridized carbons (Fsp3) is 0.500. The molecule has 2 aliphatic heterocycles. The average molecular weight is 357 g/mol. The average Bonchev–Trinajstić information content (AvgIpc) is 2.58. The Morgan fingerprint density at radius 2 is 1.69 bits per heavy atom. The molecule has 0 radical (unpaired) electrons. The first-order valence-electron chi connectivity index (χ1n) is 9.05. The van der Waals surface area contributed by atoms with Crippen LogP contribution in [-0.2, 0) is 6.54 Å². The van der Waals surface area contributed by atoms with Gasteiger partial charge < -0.3 is 9.55 Å². The molecule has 2 N–H and O–H groups in total. The predicted octanol–water partition coefficient (Wildman–Crippen LogP) is 1.94. The number of H-pyrrole nitrogens is 2. The summed E-state index contributed by atoms with van der Waals surface area (Å²) in [5.41, 5.74) is -0.876. The number of hydrogen-bond donors (Lipinski definition) is 2. The third-order valence-corrected chi connectivity index (χ3v) is 4.50. The predicted molar refractivity (Wildman–Crippen MR) is 99.8 cm³/mol. The van der Waals surface area contributed by atoms with Gasteiger partial charge in [0.1, 0.15) is 11.5 Å². The number of rotatable bonds is 7. The molecule has 1 aromatic rings. The number of aromatic nitrogens is 5. The molecule has 8 nitrogen and oxygen atoms in total. The minimum Gasteiger partial charge on any atom is -0.310 e. The minimum absolute atomic E-state index is 0.222. The van der Waals surface area contributed by atoms with E-state index in [0.717, 1.165) is 19.3 Å². The molecule has 3 heterocycles. The molecule has 26 heavy (non-hydrogen) atoms. The zero-order chi connectivity index (χ0) is 18.7. The van der Waals surface area contributed by atoms with Crippen molar-refractivity contribution in [3.05, 3.63) is 43.1 Å². The number of nitrogens with one attached hydrogen (secondary N) is 2. The molecule has 0 aromatic carbocycles. The molecule has 0 spiro atoms. The summed E-state index contributed by atoms with van der Waals surface area (Å²) in [6, 6.07) is 1.46. The first kappa shape index (κ1) is 18.0. The third-order valence-electron chi connectivity index (χ3n) is 4.50. The van der Waals surface area contributed by atoms with E-state index in [1.165, 1.54) is 25.3 Å². The van der Waals surface area contributed by atoms with Crippen LogP contribution in [-0.4, -0.2) is 24.5 Å². The van der Waals surface area contributed by atoms with Gasteiger partial charge in [0, 0.05) is 6.54 Å². The van der Waals surface area contributed by atoms with E-state index in [1.807, 2.05) is 0 Å². The standard InChI is InChI=1S/C18H23N5O3/c1-3-4-5-6-7-8-9-23-14-12(16(24)20-11(2)19-14)10-13-15(23)21-18(26)22-17(13)25/h10H,3-9H2,1-2H3,(H,19,20,24)(H,22,25,26). The van der Waals surface area contributed by atoms with Crippen molar-refractivity contribution >= 4 is 11.0 Å². The highest BCUT2D eigenvalue weighted by atomic mass is 16.2. The van der Waals surface area contributed by atoms with E-state index in [1.54, 1.807) is 11.5 Å². The van der Waals surface area contributed by atoms with Crippen LogP contribution in [0.5, 0.6) is 0 Å². The summed E-state index contributed by atoms with van der Waals surface area (Å²) >= 11 is 0. The van der Waals surface area contributed by atoms with E-state index in [9.17, 15) is 14.4 Å². The minimum atomic E-state index is -0.694. The Morgan fingerprint density at radius 3 is 2.46 bits per heavy atom. The molecule has 138 valence electrons. The molecule has 3 rings (SSSR count). The lowest BCUT2D eigenvalue weighted by atomic mass is 10.1. The number of aromatic amines is 2. The molecule has 0 bridgehead atoms. The SMILES string of the molecule is CCCCCCCCn1c2nc(=O)[nH]c(=O)c-2cc2c(=O)[nH]c(C)nc21. The monoisotopic (exact) mass is 357 g/mol. The third kappa shape index (κ3) is 3.58. The van der Waals surface area contributed by atoms with Crippen LogP contribution in [0.15, 0.2) is 20.4 Å².